The Morgan fingerprint density at radius 1 is 1.21 bits per heavy atom. The van der Waals surface area contributed by atoms with E-state index >= 15 is 0 Å². The van der Waals surface area contributed by atoms with Crippen molar-refractivity contribution in [2.24, 2.45) is 0 Å². The average Bonchev–Trinajstić information content (AvgIpc) is 2.64. The topological polar surface area (TPSA) is 101 Å². The summed E-state index contributed by atoms with van der Waals surface area (Å²) < 4.78 is 30.8. The van der Waals surface area contributed by atoms with Gasteiger partial charge in [-0.05, 0) is 43.7 Å². The van der Waals surface area contributed by atoms with Crippen molar-refractivity contribution in [3.05, 3.63) is 53.7 Å². The molecule has 0 saturated carbocycles. The van der Waals surface area contributed by atoms with Gasteiger partial charge in [-0.25, -0.2) is 13.4 Å². The van der Waals surface area contributed by atoms with E-state index in [2.05, 4.69) is 19.9 Å². The highest BCUT2D eigenvalue weighted by molar-refractivity contribution is 7.92. The molecular weight excluding hydrogens is 392 g/mol. The van der Waals surface area contributed by atoms with Gasteiger partial charge in [0.2, 0.25) is 10.0 Å². The Labute approximate surface area is 171 Å². The van der Waals surface area contributed by atoms with Crippen molar-refractivity contribution < 1.29 is 17.9 Å². The van der Waals surface area contributed by atoms with Crippen molar-refractivity contribution in [2.75, 3.05) is 29.0 Å². The number of morpholine rings is 1. The van der Waals surface area contributed by atoms with Crippen molar-refractivity contribution in [1.29, 1.82) is 0 Å². The Balaban J connectivity index is 1.59. The van der Waals surface area contributed by atoms with Gasteiger partial charge in [0.15, 0.2) is 0 Å². The normalized spacial score (nSPS) is 19.6. The summed E-state index contributed by atoms with van der Waals surface area (Å²) in [6.45, 7) is 6.02. The maximum Gasteiger partial charge on any atom is 0.251 e. The molecule has 0 bridgehead atoms. The fourth-order valence-electron chi connectivity index (χ4n) is 3.30. The van der Waals surface area contributed by atoms with Crippen LogP contribution in [0.3, 0.4) is 0 Å². The molecular formula is C20H26N4O4S. The predicted molar refractivity (Wildman–Crippen MR) is 113 cm³/mol. The van der Waals surface area contributed by atoms with Crippen molar-refractivity contribution in [1.82, 2.24) is 10.3 Å². The highest BCUT2D eigenvalue weighted by atomic mass is 32.2. The van der Waals surface area contributed by atoms with Gasteiger partial charge in [0.05, 0.1) is 18.5 Å². The molecule has 2 atom stereocenters. The molecule has 2 unspecified atom stereocenters. The molecule has 1 fully saturated rings. The maximum absolute atomic E-state index is 12.4. The lowest BCUT2D eigenvalue weighted by atomic mass is 10.2. The number of anilines is 2. The summed E-state index contributed by atoms with van der Waals surface area (Å²) >= 11 is 0. The van der Waals surface area contributed by atoms with Crippen molar-refractivity contribution in [2.45, 2.75) is 32.6 Å². The standard InChI is InChI=1S/C20H26N4O4S/c1-14-12-24(13-15(2)28-14)19-8-7-16(10-21-19)11-22-20(25)17-5-4-6-18(9-17)23-29(3,26)27/h4-10,14-15,23H,11-13H2,1-3H3,(H,22,25). The summed E-state index contributed by atoms with van der Waals surface area (Å²) in [7, 11) is -3.40. The van der Waals surface area contributed by atoms with E-state index in [1.807, 2.05) is 26.0 Å². The second-order valence-corrected chi connectivity index (χ2v) is 9.07. The van der Waals surface area contributed by atoms with E-state index in [1.165, 1.54) is 6.07 Å². The zero-order valence-corrected chi connectivity index (χ0v) is 17.6. The number of sulfonamides is 1. The molecule has 1 aromatic carbocycles. The molecule has 1 aliphatic heterocycles. The maximum atomic E-state index is 12.4. The molecule has 156 valence electrons. The lowest BCUT2D eigenvalue weighted by Crippen LogP contribution is -2.45. The second-order valence-electron chi connectivity index (χ2n) is 7.32. The average molecular weight is 419 g/mol. The van der Waals surface area contributed by atoms with Crippen LogP contribution in [0.2, 0.25) is 0 Å². The van der Waals surface area contributed by atoms with Gasteiger partial charge >= 0.3 is 0 Å². The Bertz CT molecular complexity index is 953. The number of hydrogen-bond donors (Lipinski definition) is 2. The first-order valence-electron chi connectivity index (χ1n) is 9.41. The fourth-order valence-corrected chi connectivity index (χ4v) is 3.85. The molecule has 2 aromatic rings. The number of pyridine rings is 1. The largest absolute Gasteiger partial charge is 0.372 e. The first kappa shape index (κ1) is 21.1. The first-order chi connectivity index (χ1) is 13.7. The van der Waals surface area contributed by atoms with Gasteiger partial charge in [-0.1, -0.05) is 12.1 Å². The number of hydrogen-bond acceptors (Lipinski definition) is 6. The third-order valence-electron chi connectivity index (χ3n) is 4.43. The van der Waals surface area contributed by atoms with Crippen molar-refractivity contribution in [3.63, 3.8) is 0 Å². The van der Waals surface area contributed by atoms with E-state index in [1.54, 1.807) is 24.4 Å². The Hall–Kier alpha value is -2.65. The van der Waals surface area contributed by atoms with Crippen molar-refractivity contribution >= 4 is 27.4 Å². The quantitative estimate of drug-likeness (QED) is 0.744. The molecule has 1 aliphatic rings. The van der Waals surface area contributed by atoms with E-state index in [0.29, 0.717) is 17.8 Å². The molecule has 2 N–H and O–H groups in total. The summed E-state index contributed by atoms with van der Waals surface area (Å²) in [5.74, 6) is 0.601. The van der Waals surface area contributed by atoms with Crippen LogP contribution in [0.5, 0.6) is 0 Å². The van der Waals surface area contributed by atoms with Crippen LogP contribution in [-0.4, -0.2) is 50.9 Å². The van der Waals surface area contributed by atoms with Crippen LogP contribution in [0.4, 0.5) is 11.5 Å². The van der Waals surface area contributed by atoms with E-state index in [4.69, 9.17) is 4.74 Å². The van der Waals surface area contributed by atoms with Crippen LogP contribution in [0, 0.1) is 0 Å². The van der Waals surface area contributed by atoms with E-state index < -0.39 is 10.0 Å². The highest BCUT2D eigenvalue weighted by Gasteiger charge is 2.23. The second kappa shape index (κ2) is 8.79. The minimum Gasteiger partial charge on any atom is -0.372 e. The minimum absolute atomic E-state index is 0.160. The summed E-state index contributed by atoms with van der Waals surface area (Å²) in [5.41, 5.74) is 1.60. The van der Waals surface area contributed by atoms with Crippen LogP contribution in [0.1, 0.15) is 29.8 Å². The Kier molecular flexibility index (Phi) is 6.39. The Morgan fingerprint density at radius 2 is 1.93 bits per heavy atom. The zero-order valence-electron chi connectivity index (χ0n) is 16.8. The van der Waals surface area contributed by atoms with Gasteiger partial charge in [-0.3, -0.25) is 9.52 Å². The smallest absolute Gasteiger partial charge is 0.251 e. The van der Waals surface area contributed by atoms with Crippen molar-refractivity contribution in [3.8, 4) is 0 Å². The van der Waals surface area contributed by atoms with Crippen LogP contribution in [0.15, 0.2) is 42.6 Å². The molecule has 1 amide bonds. The summed E-state index contributed by atoms with van der Waals surface area (Å²) in [6.07, 6.45) is 3.14. The van der Waals surface area contributed by atoms with Crippen LogP contribution in [-0.2, 0) is 21.3 Å². The van der Waals surface area contributed by atoms with Gasteiger partial charge in [0.25, 0.3) is 5.91 Å². The molecule has 8 nitrogen and oxygen atoms in total. The minimum atomic E-state index is -3.40. The molecule has 0 radical (unpaired) electrons. The molecule has 29 heavy (non-hydrogen) atoms. The highest BCUT2D eigenvalue weighted by Crippen LogP contribution is 2.18. The zero-order chi connectivity index (χ0) is 21.0. The molecule has 0 spiro atoms. The summed E-state index contributed by atoms with van der Waals surface area (Å²) in [5, 5.41) is 2.83. The SMILES string of the molecule is CC1CN(c2ccc(CNC(=O)c3cccc(NS(C)(=O)=O)c3)cn2)CC(C)O1. The molecule has 3 rings (SSSR count). The number of nitrogens with one attached hydrogen (secondary N) is 2. The number of aromatic nitrogens is 1. The molecule has 1 saturated heterocycles. The van der Waals surface area contributed by atoms with Crippen LogP contribution < -0.4 is 14.9 Å². The lowest BCUT2D eigenvalue weighted by Gasteiger charge is -2.36. The fraction of sp³-hybridized carbons (Fsp3) is 0.400. The summed E-state index contributed by atoms with van der Waals surface area (Å²) in [4.78, 5) is 19.1. The number of rotatable bonds is 6. The van der Waals surface area contributed by atoms with Gasteiger partial charge in [-0.15, -0.1) is 0 Å². The van der Waals surface area contributed by atoms with E-state index in [9.17, 15) is 13.2 Å². The van der Waals surface area contributed by atoms with Crippen LogP contribution >= 0.6 is 0 Å². The molecule has 9 heteroatoms. The van der Waals surface area contributed by atoms with Gasteiger partial charge in [0, 0.05) is 37.1 Å². The third-order valence-corrected chi connectivity index (χ3v) is 5.04. The van der Waals surface area contributed by atoms with Gasteiger partial charge < -0.3 is 15.0 Å². The number of benzene rings is 1. The molecule has 0 aliphatic carbocycles. The Morgan fingerprint density at radius 3 is 2.55 bits per heavy atom. The van der Waals surface area contributed by atoms with Gasteiger partial charge in [0.1, 0.15) is 5.82 Å². The predicted octanol–water partition coefficient (Wildman–Crippen LogP) is 2.00. The van der Waals surface area contributed by atoms with Crippen LogP contribution in [0.25, 0.3) is 0 Å². The lowest BCUT2D eigenvalue weighted by molar-refractivity contribution is -0.00546. The van der Waals surface area contributed by atoms with E-state index in [-0.39, 0.29) is 18.1 Å². The molecule has 1 aromatic heterocycles. The summed E-state index contributed by atoms with van der Waals surface area (Å²) in [6, 6.07) is 10.2. The molecule has 2 heterocycles. The number of carbonyl (C=O) groups is 1. The number of ether oxygens (including phenoxy) is 1. The third kappa shape index (κ3) is 6.16. The monoisotopic (exact) mass is 418 g/mol. The number of carbonyl (C=O) groups excluding carboxylic acids is 1. The van der Waals surface area contributed by atoms with Gasteiger partial charge in [-0.2, -0.15) is 0 Å². The first-order valence-corrected chi connectivity index (χ1v) is 11.3. The number of amides is 1. The number of nitrogens with zero attached hydrogens (tertiary/aromatic N) is 2. The van der Waals surface area contributed by atoms with E-state index in [0.717, 1.165) is 30.7 Å².